The first-order valence-corrected chi connectivity index (χ1v) is 6.13. The van der Waals surface area contributed by atoms with Gasteiger partial charge in [-0.3, -0.25) is 0 Å². The summed E-state index contributed by atoms with van der Waals surface area (Å²) in [4.78, 5) is 2.63. The van der Waals surface area contributed by atoms with Crippen molar-refractivity contribution in [3.05, 3.63) is 0 Å². The van der Waals surface area contributed by atoms with Gasteiger partial charge in [0, 0.05) is 25.0 Å². The standard InChI is InChI=1S/C12H24N2/c1-11(2)4-7-14-9-12(10-14)5-3-6-13-8-12/h11,13H,3-10H2,1-2H3. The molecule has 0 atom stereocenters. The highest BCUT2D eigenvalue weighted by atomic mass is 15.2. The molecule has 2 fully saturated rings. The van der Waals surface area contributed by atoms with Crippen LogP contribution in [0.1, 0.15) is 33.1 Å². The van der Waals surface area contributed by atoms with Gasteiger partial charge in [0.1, 0.15) is 0 Å². The normalized spacial score (nSPS) is 26.8. The van der Waals surface area contributed by atoms with E-state index in [1.54, 1.807) is 0 Å². The Kier molecular flexibility index (Phi) is 3.13. The lowest BCUT2D eigenvalue weighted by molar-refractivity contribution is -0.0194. The molecule has 2 aliphatic heterocycles. The Hall–Kier alpha value is -0.0800. The number of likely N-dealkylation sites (tertiary alicyclic amines) is 1. The van der Waals surface area contributed by atoms with Crippen LogP contribution in [0, 0.1) is 11.3 Å². The van der Waals surface area contributed by atoms with Crippen LogP contribution in [0.5, 0.6) is 0 Å². The Labute approximate surface area is 88.1 Å². The van der Waals surface area contributed by atoms with Crippen molar-refractivity contribution in [3.63, 3.8) is 0 Å². The quantitative estimate of drug-likeness (QED) is 0.739. The first-order valence-electron chi connectivity index (χ1n) is 6.13. The average molecular weight is 196 g/mol. The molecule has 2 nitrogen and oxygen atoms in total. The minimum Gasteiger partial charge on any atom is -0.316 e. The van der Waals surface area contributed by atoms with Crippen molar-refractivity contribution < 1.29 is 0 Å². The fraction of sp³-hybridized carbons (Fsp3) is 1.00. The zero-order valence-corrected chi connectivity index (χ0v) is 9.68. The van der Waals surface area contributed by atoms with Gasteiger partial charge < -0.3 is 10.2 Å². The maximum absolute atomic E-state index is 3.54. The monoisotopic (exact) mass is 196 g/mol. The minimum absolute atomic E-state index is 0.676. The van der Waals surface area contributed by atoms with Crippen LogP contribution in [0.15, 0.2) is 0 Å². The van der Waals surface area contributed by atoms with Gasteiger partial charge in [0.25, 0.3) is 0 Å². The van der Waals surface area contributed by atoms with Crippen molar-refractivity contribution in [1.29, 1.82) is 0 Å². The highest BCUT2D eigenvalue weighted by Gasteiger charge is 2.42. The maximum Gasteiger partial charge on any atom is 0.00827 e. The van der Waals surface area contributed by atoms with Crippen LogP contribution >= 0.6 is 0 Å². The molecular formula is C12H24N2. The van der Waals surface area contributed by atoms with E-state index < -0.39 is 0 Å². The molecule has 0 aliphatic carbocycles. The second kappa shape index (κ2) is 4.19. The van der Waals surface area contributed by atoms with Gasteiger partial charge in [0.15, 0.2) is 0 Å². The third-order valence-corrected chi connectivity index (χ3v) is 3.70. The van der Waals surface area contributed by atoms with Crippen LogP contribution in [0.25, 0.3) is 0 Å². The van der Waals surface area contributed by atoms with Crippen molar-refractivity contribution in [2.45, 2.75) is 33.1 Å². The predicted octanol–water partition coefficient (Wildman–Crippen LogP) is 1.72. The van der Waals surface area contributed by atoms with Crippen LogP contribution in [-0.4, -0.2) is 37.6 Å². The van der Waals surface area contributed by atoms with Gasteiger partial charge in [-0.1, -0.05) is 13.8 Å². The van der Waals surface area contributed by atoms with Crippen molar-refractivity contribution in [2.75, 3.05) is 32.7 Å². The Bertz CT molecular complexity index is 175. The van der Waals surface area contributed by atoms with Crippen LogP contribution in [0.4, 0.5) is 0 Å². The molecule has 0 amide bonds. The molecule has 0 aromatic heterocycles. The number of nitrogens with zero attached hydrogens (tertiary/aromatic N) is 1. The molecule has 0 aromatic rings. The van der Waals surface area contributed by atoms with Crippen molar-refractivity contribution in [1.82, 2.24) is 10.2 Å². The summed E-state index contributed by atoms with van der Waals surface area (Å²) < 4.78 is 0. The summed E-state index contributed by atoms with van der Waals surface area (Å²) in [5, 5.41) is 3.54. The predicted molar refractivity (Wildman–Crippen MR) is 60.4 cm³/mol. The van der Waals surface area contributed by atoms with Gasteiger partial charge in [0.2, 0.25) is 0 Å². The van der Waals surface area contributed by atoms with Gasteiger partial charge >= 0.3 is 0 Å². The fourth-order valence-corrected chi connectivity index (χ4v) is 2.80. The molecule has 0 saturated carbocycles. The lowest BCUT2D eigenvalue weighted by atomic mass is 9.74. The molecule has 2 saturated heterocycles. The molecule has 2 aliphatic rings. The molecule has 2 heterocycles. The summed E-state index contributed by atoms with van der Waals surface area (Å²) in [5.41, 5.74) is 0.676. The van der Waals surface area contributed by atoms with Gasteiger partial charge in [0.05, 0.1) is 0 Å². The summed E-state index contributed by atoms with van der Waals surface area (Å²) in [6, 6.07) is 0. The summed E-state index contributed by atoms with van der Waals surface area (Å²) >= 11 is 0. The third-order valence-electron chi connectivity index (χ3n) is 3.70. The Balaban J connectivity index is 1.67. The zero-order chi connectivity index (χ0) is 10.0. The molecule has 0 unspecified atom stereocenters. The summed E-state index contributed by atoms with van der Waals surface area (Å²) in [7, 11) is 0. The van der Waals surface area contributed by atoms with Gasteiger partial charge in [-0.2, -0.15) is 0 Å². The van der Waals surface area contributed by atoms with Gasteiger partial charge in [-0.15, -0.1) is 0 Å². The zero-order valence-electron chi connectivity index (χ0n) is 9.68. The van der Waals surface area contributed by atoms with E-state index in [2.05, 4.69) is 24.1 Å². The molecule has 82 valence electrons. The minimum atomic E-state index is 0.676. The number of piperidine rings is 1. The lowest BCUT2D eigenvalue weighted by Gasteiger charge is -2.52. The Morgan fingerprint density at radius 2 is 2.14 bits per heavy atom. The number of hydrogen-bond acceptors (Lipinski definition) is 2. The topological polar surface area (TPSA) is 15.3 Å². The lowest BCUT2D eigenvalue weighted by Crippen LogP contribution is -2.62. The molecule has 14 heavy (non-hydrogen) atoms. The second-order valence-corrected chi connectivity index (χ2v) is 5.67. The van der Waals surface area contributed by atoms with Crippen molar-refractivity contribution in [3.8, 4) is 0 Å². The molecular weight excluding hydrogens is 172 g/mol. The van der Waals surface area contributed by atoms with Crippen LogP contribution in [-0.2, 0) is 0 Å². The summed E-state index contributed by atoms with van der Waals surface area (Å²) in [6.07, 6.45) is 4.21. The smallest absolute Gasteiger partial charge is 0.00827 e. The van der Waals surface area contributed by atoms with E-state index in [1.807, 2.05) is 0 Å². The van der Waals surface area contributed by atoms with Crippen LogP contribution in [0.2, 0.25) is 0 Å². The fourth-order valence-electron chi connectivity index (χ4n) is 2.80. The molecule has 2 heteroatoms. The van der Waals surface area contributed by atoms with E-state index in [0.29, 0.717) is 5.41 Å². The summed E-state index contributed by atoms with van der Waals surface area (Å²) in [5.74, 6) is 0.857. The molecule has 1 spiro atoms. The Morgan fingerprint density at radius 1 is 1.36 bits per heavy atom. The van der Waals surface area contributed by atoms with E-state index >= 15 is 0 Å². The third kappa shape index (κ3) is 2.29. The first-order chi connectivity index (χ1) is 6.70. The number of rotatable bonds is 3. The van der Waals surface area contributed by atoms with E-state index in [0.717, 1.165) is 5.92 Å². The second-order valence-electron chi connectivity index (χ2n) is 5.67. The molecule has 0 aromatic carbocycles. The SMILES string of the molecule is CC(C)CCN1CC2(CCCNC2)C1. The van der Waals surface area contributed by atoms with E-state index in [4.69, 9.17) is 0 Å². The van der Waals surface area contributed by atoms with Crippen LogP contribution < -0.4 is 5.32 Å². The molecule has 0 radical (unpaired) electrons. The highest BCUT2D eigenvalue weighted by Crippen LogP contribution is 2.36. The van der Waals surface area contributed by atoms with E-state index in [1.165, 1.54) is 52.0 Å². The summed E-state index contributed by atoms with van der Waals surface area (Å²) in [6.45, 7) is 11.2. The van der Waals surface area contributed by atoms with Gasteiger partial charge in [-0.05, 0) is 38.3 Å². The average Bonchev–Trinajstić information content (AvgIpc) is 2.12. The van der Waals surface area contributed by atoms with E-state index in [9.17, 15) is 0 Å². The molecule has 0 bridgehead atoms. The first kappa shape index (κ1) is 10.4. The van der Waals surface area contributed by atoms with E-state index in [-0.39, 0.29) is 0 Å². The Morgan fingerprint density at radius 3 is 2.71 bits per heavy atom. The highest BCUT2D eigenvalue weighted by molar-refractivity contribution is 4.98. The maximum atomic E-state index is 3.54. The molecule has 1 N–H and O–H groups in total. The van der Waals surface area contributed by atoms with Crippen molar-refractivity contribution >= 4 is 0 Å². The van der Waals surface area contributed by atoms with Crippen molar-refractivity contribution in [2.24, 2.45) is 11.3 Å². The number of nitrogens with one attached hydrogen (secondary N) is 1. The number of hydrogen-bond donors (Lipinski definition) is 1. The van der Waals surface area contributed by atoms with Gasteiger partial charge in [-0.25, -0.2) is 0 Å². The van der Waals surface area contributed by atoms with Crippen LogP contribution in [0.3, 0.4) is 0 Å². The largest absolute Gasteiger partial charge is 0.316 e. The molecule has 2 rings (SSSR count).